The second-order valence-corrected chi connectivity index (χ2v) is 8.23. The van der Waals surface area contributed by atoms with Crippen LogP contribution in [0.25, 0.3) is 10.9 Å². The molecule has 2 N–H and O–H groups in total. The van der Waals surface area contributed by atoms with Gasteiger partial charge in [0, 0.05) is 18.2 Å². The minimum Gasteiger partial charge on any atom is -0.349 e. The molecule has 0 aliphatic heterocycles. The fourth-order valence-corrected chi connectivity index (χ4v) is 5.31. The van der Waals surface area contributed by atoms with E-state index >= 15 is 0 Å². The SMILES string of the molecule is CCn1c(=S)[nH]c2cc(C(=O)N[C@H](C)[C@@H]3C[C@H]4CC[C@H]3C4)ccc2c1=O. The topological polar surface area (TPSA) is 66.9 Å². The molecule has 1 aromatic carbocycles. The predicted molar refractivity (Wildman–Crippen MR) is 105 cm³/mol. The van der Waals surface area contributed by atoms with Crippen LogP contribution >= 0.6 is 12.2 Å². The van der Waals surface area contributed by atoms with Gasteiger partial charge in [0.25, 0.3) is 11.5 Å². The Morgan fingerprint density at radius 1 is 1.38 bits per heavy atom. The number of hydrogen-bond donors (Lipinski definition) is 2. The molecule has 2 aromatic rings. The molecule has 1 aromatic heterocycles. The minimum atomic E-state index is -0.117. The smallest absolute Gasteiger partial charge is 0.262 e. The summed E-state index contributed by atoms with van der Waals surface area (Å²) >= 11 is 5.25. The molecule has 0 spiro atoms. The first-order chi connectivity index (χ1) is 12.5. The van der Waals surface area contributed by atoms with Gasteiger partial charge in [0.05, 0.1) is 10.9 Å². The molecule has 6 heteroatoms. The lowest BCUT2D eigenvalue weighted by Crippen LogP contribution is -2.40. The normalized spacial score (nSPS) is 25.5. The maximum atomic E-state index is 12.7. The van der Waals surface area contributed by atoms with Crippen molar-refractivity contribution in [3.8, 4) is 0 Å². The molecule has 5 nitrogen and oxygen atoms in total. The first kappa shape index (κ1) is 17.5. The summed E-state index contributed by atoms with van der Waals surface area (Å²) in [5.74, 6) is 2.16. The standard InChI is InChI=1S/C20H25N3O2S/c1-3-23-19(25)15-7-6-14(10-17(15)22-20(23)26)18(24)21-11(2)16-9-12-4-5-13(16)8-12/h6-7,10-13,16H,3-5,8-9H2,1-2H3,(H,21,24)(H,22,26)/t11-,12+,13+,16+/m1/s1. The summed E-state index contributed by atoms with van der Waals surface area (Å²) in [5, 5.41) is 3.73. The van der Waals surface area contributed by atoms with Crippen LogP contribution in [-0.2, 0) is 6.54 Å². The summed E-state index contributed by atoms with van der Waals surface area (Å²) in [6.07, 6.45) is 5.25. The van der Waals surface area contributed by atoms with Crippen LogP contribution in [0.5, 0.6) is 0 Å². The Morgan fingerprint density at radius 2 is 2.19 bits per heavy atom. The van der Waals surface area contributed by atoms with E-state index in [1.54, 1.807) is 18.2 Å². The molecule has 0 unspecified atom stereocenters. The number of nitrogens with one attached hydrogen (secondary N) is 2. The van der Waals surface area contributed by atoms with Crippen LogP contribution in [-0.4, -0.2) is 21.5 Å². The molecular weight excluding hydrogens is 346 g/mol. The summed E-state index contributed by atoms with van der Waals surface area (Å²) in [7, 11) is 0. The molecule has 26 heavy (non-hydrogen) atoms. The predicted octanol–water partition coefficient (Wildman–Crippen LogP) is 3.63. The van der Waals surface area contributed by atoms with Crippen LogP contribution < -0.4 is 10.9 Å². The number of carbonyl (C=O) groups excluding carboxylic acids is 1. The van der Waals surface area contributed by atoms with E-state index in [0.717, 1.165) is 11.8 Å². The molecule has 2 saturated carbocycles. The molecule has 2 aliphatic rings. The first-order valence-corrected chi connectivity index (χ1v) is 9.96. The van der Waals surface area contributed by atoms with Crippen LogP contribution in [0.3, 0.4) is 0 Å². The van der Waals surface area contributed by atoms with Crippen LogP contribution in [0, 0.1) is 22.5 Å². The minimum absolute atomic E-state index is 0.0823. The first-order valence-electron chi connectivity index (χ1n) is 9.55. The van der Waals surface area contributed by atoms with Crippen molar-refractivity contribution < 1.29 is 4.79 Å². The number of aromatic nitrogens is 2. The third-order valence-corrected chi connectivity index (χ3v) is 6.68. The van der Waals surface area contributed by atoms with Crippen LogP contribution in [0.2, 0.25) is 0 Å². The van der Waals surface area contributed by atoms with E-state index in [1.165, 1.54) is 30.3 Å². The molecule has 4 atom stereocenters. The van der Waals surface area contributed by atoms with Crippen LogP contribution in [0.15, 0.2) is 23.0 Å². The lowest BCUT2D eigenvalue weighted by atomic mass is 9.84. The van der Waals surface area contributed by atoms with Crippen molar-refractivity contribution in [3.63, 3.8) is 0 Å². The van der Waals surface area contributed by atoms with Crippen molar-refractivity contribution in [1.29, 1.82) is 0 Å². The summed E-state index contributed by atoms with van der Waals surface area (Å²) < 4.78 is 1.91. The van der Waals surface area contributed by atoms with Gasteiger partial charge in [-0.2, -0.15) is 0 Å². The van der Waals surface area contributed by atoms with Gasteiger partial charge in [-0.1, -0.05) is 6.42 Å². The molecule has 0 saturated heterocycles. The van der Waals surface area contributed by atoms with Crippen molar-refractivity contribution in [2.75, 3.05) is 0 Å². The van der Waals surface area contributed by atoms with E-state index in [-0.39, 0.29) is 17.5 Å². The zero-order valence-electron chi connectivity index (χ0n) is 15.2. The Hall–Kier alpha value is -1.95. The van der Waals surface area contributed by atoms with Gasteiger partial charge in [0.2, 0.25) is 0 Å². The molecule has 4 rings (SSSR count). The highest BCUT2D eigenvalue weighted by atomic mass is 32.1. The molecule has 1 heterocycles. The quantitative estimate of drug-likeness (QED) is 0.807. The highest BCUT2D eigenvalue weighted by Crippen LogP contribution is 2.49. The molecule has 1 amide bonds. The Morgan fingerprint density at radius 3 is 2.85 bits per heavy atom. The average molecular weight is 372 g/mol. The van der Waals surface area contributed by atoms with E-state index < -0.39 is 0 Å². The fourth-order valence-electron chi connectivity index (χ4n) is 4.99. The largest absolute Gasteiger partial charge is 0.349 e. The number of rotatable bonds is 4. The van der Waals surface area contributed by atoms with E-state index in [2.05, 4.69) is 17.2 Å². The van der Waals surface area contributed by atoms with Crippen molar-refractivity contribution in [1.82, 2.24) is 14.9 Å². The molecule has 2 bridgehead atoms. The van der Waals surface area contributed by atoms with Crippen molar-refractivity contribution in [3.05, 3.63) is 38.9 Å². The number of aromatic amines is 1. The second-order valence-electron chi connectivity index (χ2n) is 7.84. The van der Waals surface area contributed by atoms with Gasteiger partial charge in [0.1, 0.15) is 0 Å². The third-order valence-electron chi connectivity index (χ3n) is 6.35. The van der Waals surface area contributed by atoms with Crippen molar-refractivity contribution in [2.45, 2.75) is 52.1 Å². The van der Waals surface area contributed by atoms with Gasteiger partial charge in [-0.25, -0.2) is 0 Å². The summed E-state index contributed by atoms with van der Waals surface area (Å²) in [6.45, 7) is 4.53. The average Bonchev–Trinajstić information content (AvgIpc) is 3.25. The molecule has 138 valence electrons. The van der Waals surface area contributed by atoms with Crippen LogP contribution in [0.4, 0.5) is 0 Å². The van der Waals surface area contributed by atoms with Crippen LogP contribution in [0.1, 0.15) is 49.9 Å². The van der Waals surface area contributed by atoms with Crippen molar-refractivity contribution >= 4 is 29.0 Å². The third kappa shape index (κ3) is 2.90. The number of amides is 1. The maximum absolute atomic E-state index is 12.7. The molecule has 2 aliphatic carbocycles. The second kappa shape index (κ2) is 6.65. The van der Waals surface area contributed by atoms with E-state index in [4.69, 9.17) is 12.2 Å². The fraction of sp³-hybridized carbons (Fsp3) is 0.550. The number of nitrogens with zero attached hydrogens (tertiary/aromatic N) is 1. The van der Waals surface area contributed by atoms with Crippen molar-refractivity contribution in [2.24, 2.45) is 17.8 Å². The monoisotopic (exact) mass is 371 g/mol. The summed E-state index contributed by atoms with van der Waals surface area (Å²) in [4.78, 5) is 28.3. The molecular formula is C20H25N3O2S. The molecule has 0 radical (unpaired) electrons. The Balaban J connectivity index is 1.57. The Bertz CT molecular complexity index is 977. The lowest BCUT2D eigenvalue weighted by Gasteiger charge is -2.28. The van der Waals surface area contributed by atoms with Gasteiger partial charge in [-0.3, -0.25) is 14.2 Å². The van der Waals surface area contributed by atoms with Gasteiger partial charge >= 0.3 is 0 Å². The van der Waals surface area contributed by atoms with Gasteiger partial charge in [0.15, 0.2) is 4.77 Å². The van der Waals surface area contributed by atoms with E-state index in [1.807, 2.05) is 6.92 Å². The zero-order chi connectivity index (χ0) is 18.4. The summed E-state index contributed by atoms with van der Waals surface area (Å²) in [5.41, 5.74) is 1.06. The van der Waals surface area contributed by atoms with Gasteiger partial charge in [-0.15, -0.1) is 0 Å². The summed E-state index contributed by atoms with van der Waals surface area (Å²) in [6, 6.07) is 5.35. The van der Waals surface area contributed by atoms with Gasteiger partial charge in [-0.05, 0) is 81.3 Å². The Kier molecular flexibility index (Phi) is 4.47. The van der Waals surface area contributed by atoms with E-state index in [9.17, 15) is 9.59 Å². The molecule has 2 fully saturated rings. The number of benzene rings is 1. The number of H-pyrrole nitrogens is 1. The number of carbonyl (C=O) groups is 1. The Labute approximate surface area is 157 Å². The maximum Gasteiger partial charge on any atom is 0.262 e. The zero-order valence-corrected chi connectivity index (χ0v) is 16.1. The number of fused-ring (bicyclic) bond motifs is 3. The highest BCUT2D eigenvalue weighted by Gasteiger charge is 2.42. The van der Waals surface area contributed by atoms with Gasteiger partial charge < -0.3 is 10.3 Å². The van der Waals surface area contributed by atoms with E-state index in [0.29, 0.717) is 33.7 Å². The number of hydrogen-bond acceptors (Lipinski definition) is 3. The highest BCUT2D eigenvalue weighted by molar-refractivity contribution is 7.71. The lowest BCUT2D eigenvalue weighted by molar-refractivity contribution is 0.0915.